The second-order valence-corrected chi connectivity index (χ2v) is 5.62. The van der Waals surface area contributed by atoms with Crippen molar-refractivity contribution in [1.29, 1.82) is 0 Å². The van der Waals surface area contributed by atoms with Gasteiger partial charge in [-0.2, -0.15) is 0 Å². The first-order valence-corrected chi connectivity index (χ1v) is 7.79. The van der Waals surface area contributed by atoms with Crippen LogP contribution in [0.5, 0.6) is 0 Å². The molecule has 1 saturated heterocycles. The number of nitrogens with one attached hydrogen (secondary N) is 1. The van der Waals surface area contributed by atoms with E-state index >= 15 is 0 Å². The van der Waals surface area contributed by atoms with E-state index in [2.05, 4.69) is 25.2 Å². The Kier molecular flexibility index (Phi) is 4.85. The minimum absolute atomic E-state index is 0.116. The molecule has 0 aliphatic carbocycles. The Morgan fingerprint density at radius 1 is 1.38 bits per heavy atom. The summed E-state index contributed by atoms with van der Waals surface area (Å²) in [7, 11) is 0. The standard InChI is InChI=1S/C16H20N6O2/c1-11-10-22(6-7-24-11)13-3-2-12(8-20-13)9-21-16(23)14-15(17)19-5-4-18-14/h2-5,8,11H,6-7,9-10H2,1H3,(H2,17,19)(H,21,23)/t11-/m1/s1. The van der Waals surface area contributed by atoms with E-state index in [1.54, 1.807) is 6.20 Å². The summed E-state index contributed by atoms with van der Waals surface area (Å²) in [6.45, 7) is 4.77. The van der Waals surface area contributed by atoms with Crippen molar-refractivity contribution in [3.8, 4) is 0 Å². The molecule has 1 aliphatic rings. The quantitative estimate of drug-likeness (QED) is 0.847. The molecule has 0 bridgehead atoms. The van der Waals surface area contributed by atoms with E-state index in [1.807, 2.05) is 19.1 Å². The lowest BCUT2D eigenvalue weighted by atomic mass is 10.2. The molecule has 0 aromatic carbocycles. The first-order chi connectivity index (χ1) is 11.6. The smallest absolute Gasteiger partial charge is 0.273 e. The molecule has 24 heavy (non-hydrogen) atoms. The third-order valence-corrected chi connectivity index (χ3v) is 3.77. The molecule has 0 spiro atoms. The maximum absolute atomic E-state index is 12.1. The number of ether oxygens (including phenoxy) is 1. The van der Waals surface area contributed by atoms with E-state index in [4.69, 9.17) is 10.5 Å². The maximum atomic E-state index is 12.1. The molecule has 8 heteroatoms. The van der Waals surface area contributed by atoms with Gasteiger partial charge in [-0.05, 0) is 18.6 Å². The van der Waals surface area contributed by atoms with Crippen LogP contribution in [0.15, 0.2) is 30.7 Å². The van der Waals surface area contributed by atoms with Crippen LogP contribution in [0.1, 0.15) is 23.0 Å². The van der Waals surface area contributed by atoms with Crippen molar-refractivity contribution in [2.45, 2.75) is 19.6 Å². The Hall–Kier alpha value is -2.74. The van der Waals surface area contributed by atoms with Crippen LogP contribution in [0.2, 0.25) is 0 Å². The predicted octanol–water partition coefficient (Wildman–Crippen LogP) is 0.609. The zero-order chi connectivity index (χ0) is 16.9. The van der Waals surface area contributed by atoms with Crippen LogP contribution >= 0.6 is 0 Å². The molecule has 1 fully saturated rings. The number of morpholine rings is 1. The van der Waals surface area contributed by atoms with Crippen molar-refractivity contribution < 1.29 is 9.53 Å². The van der Waals surface area contributed by atoms with Gasteiger partial charge in [0.25, 0.3) is 5.91 Å². The largest absolute Gasteiger partial charge is 0.382 e. The molecule has 0 unspecified atom stereocenters. The third kappa shape index (κ3) is 3.77. The summed E-state index contributed by atoms with van der Waals surface area (Å²) in [5, 5.41) is 2.77. The summed E-state index contributed by atoms with van der Waals surface area (Å²) >= 11 is 0. The molecular weight excluding hydrogens is 308 g/mol. The fourth-order valence-corrected chi connectivity index (χ4v) is 2.52. The molecule has 3 N–H and O–H groups in total. The zero-order valence-corrected chi connectivity index (χ0v) is 13.5. The van der Waals surface area contributed by atoms with Crippen LogP contribution in [0.25, 0.3) is 0 Å². The van der Waals surface area contributed by atoms with Crippen LogP contribution in [0, 0.1) is 0 Å². The van der Waals surface area contributed by atoms with Gasteiger partial charge in [0.05, 0.1) is 12.7 Å². The summed E-state index contributed by atoms with van der Waals surface area (Å²) in [6, 6.07) is 3.90. The highest BCUT2D eigenvalue weighted by Crippen LogP contribution is 2.15. The van der Waals surface area contributed by atoms with Gasteiger partial charge in [-0.3, -0.25) is 4.79 Å². The molecule has 2 aromatic rings. The minimum atomic E-state index is -0.355. The fraction of sp³-hybridized carbons (Fsp3) is 0.375. The molecule has 1 atom stereocenters. The van der Waals surface area contributed by atoms with Gasteiger partial charge in [0.1, 0.15) is 5.82 Å². The molecular formula is C16H20N6O2. The lowest BCUT2D eigenvalue weighted by Gasteiger charge is -2.32. The van der Waals surface area contributed by atoms with Gasteiger partial charge >= 0.3 is 0 Å². The van der Waals surface area contributed by atoms with Crippen LogP contribution < -0.4 is 16.0 Å². The Labute approximate surface area is 140 Å². The average molecular weight is 328 g/mol. The number of pyridine rings is 1. The Balaban J connectivity index is 1.58. The number of aromatic nitrogens is 3. The number of hydrogen-bond donors (Lipinski definition) is 2. The predicted molar refractivity (Wildman–Crippen MR) is 89.5 cm³/mol. The van der Waals surface area contributed by atoms with Crippen LogP contribution in [-0.2, 0) is 11.3 Å². The summed E-state index contributed by atoms with van der Waals surface area (Å²) in [5.41, 5.74) is 6.67. The molecule has 2 aromatic heterocycles. The maximum Gasteiger partial charge on any atom is 0.273 e. The third-order valence-electron chi connectivity index (χ3n) is 3.77. The molecule has 8 nitrogen and oxygen atoms in total. The van der Waals surface area contributed by atoms with Crippen molar-refractivity contribution in [1.82, 2.24) is 20.3 Å². The monoisotopic (exact) mass is 328 g/mol. The normalized spacial score (nSPS) is 17.5. The van der Waals surface area contributed by atoms with Crippen molar-refractivity contribution in [3.63, 3.8) is 0 Å². The van der Waals surface area contributed by atoms with E-state index in [-0.39, 0.29) is 23.5 Å². The summed E-state index contributed by atoms with van der Waals surface area (Å²) in [4.78, 5) is 26.5. The Morgan fingerprint density at radius 2 is 2.21 bits per heavy atom. The van der Waals surface area contributed by atoms with E-state index in [9.17, 15) is 4.79 Å². The first kappa shape index (κ1) is 16.1. The van der Waals surface area contributed by atoms with Crippen molar-refractivity contribution >= 4 is 17.5 Å². The van der Waals surface area contributed by atoms with Crippen LogP contribution in [-0.4, -0.2) is 46.7 Å². The van der Waals surface area contributed by atoms with Gasteiger partial charge in [0, 0.05) is 38.2 Å². The number of nitrogen functional groups attached to an aromatic ring is 1. The number of nitrogens with two attached hydrogens (primary N) is 1. The highest BCUT2D eigenvalue weighted by Gasteiger charge is 2.17. The number of nitrogens with zero attached hydrogens (tertiary/aromatic N) is 4. The Bertz CT molecular complexity index is 706. The molecule has 1 amide bonds. The lowest BCUT2D eigenvalue weighted by molar-refractivity contribution is 0.0529. The van der Waals surface area contributed by atoms with Crippen molar-refractivity contribution in [2.24, 2.45) is 0 Å². The number of carbonyl (C=O) groups is 1. The number of amides is 1. The van der Waals surface area contributed by atoms with Crippen LogP contribution in [0.3, 0.4) is 0 Å². The van der Waals surface area contributed by atoms with Gasteiger partial charge in [0.2, 0.25) is 0 Å². The highest BCUT2D eigenvalue weighted by molar-refractivity contribution is 5.96. The number of carbonyl (C=O) groups excluding carboxylic acids is 1. The second kappa shape index (κ2) is 7.22. The second-order valence-electron chi connectivity index (χ2n) is 5.62. The van der Waals surface area contributed by atoms with Crippen molar-refractivity contribution in [2.75, 3.05) is 30.3 Å². The molecule has 0 radical (unpaired) electrons. The fourth-order valence-electron chi connectivity index (χ4n) is 2.52. The van der Waals surface area contributed by atoms with Crippen molar-refractivity contribution in [3.05, 3.63) is 42.0 Å². The first-order valence-electron chi connectivity index (χ1n) is 7.79. The van der Waals surface area contributed by atoms with Gasteiger partial charge in [-0.15, -0.1) is 0 Å². The number of hydrogen-bond acceptors (Lipinski definition) is 7. The van der Waals surface area contributed by atoms with Crippen LogP contribution in [0.4, 0.5) is 11.6 Å². The molecule has 1 aliphatic heterocycles. The van der Waals surface area contributed by atoms with E-state index in [1.165, 1.54) is 12.4 Å². The molecule has 126 valence electrons. The molecule has 3 heterocycles. The SMILES string of the molecule is C[C@@H]1CN(c2ccc(CNC(=O)c3nccnc3N)cn2)CCO1. The molecule has 0 saturated carbocycles. The highest BCUT2D eigenvalue weighted by atomic mass is 16.5. The lowest BCUT2D eigenvalue weighted by Crippen LogP contribution is -2.41. The topological polar surface area (TPSA) is 106 Å². The summed E-state index contributed by atoms with van der Waals surface area (Å²) in [6.07, 6.45) is 4.85. The number of rotatable bonds is 4. The van der Waals surface area contributed by atoms with E-state index in [0.29, 0.717) is 13.2 Å². The van der Waals surface area contributed by atoms with E-state index in [0.717, 1.165) is 24.5 Å². The van der Waals surface area contributed by atoms with E-state index < -0.39 is 0 Å². The number of anilines is 2. The van der Waals surface area contributed by atoms with Gasteiger partial charge in [-0.25, -0.2) is 15.0 Å². The van der Waals surface area contributed by atoms with Gasteiger partial charge < -0.3 is 20.7 Å². The molecule has 3 rings (SSSR count). The Morgan fingerprint density at radius 3 is 2.92 bits per heavy atom. The van der Waals surface area contributed by atoms with Gasteiger partial charge in [0.15, 0.2) is 11.5 Å². The minimum Gasteiger partial charge on any atom is -0.382 e. The average Bonchev–Trinajstić information content (AvgIpc) is 2.60. The summed E-state index contributed by atoms with van der Waals surface area (Å²) < 4.78 is 5.53. The summed E-state index contributed by atoms with van der Waals surface area (Å²) in [5.74, 6) is 0.676. The van der Waals surface area contributed by atoms with Gasteiger partial charge in [-0.1, -0.05) is 6.07 Å². The zero-order valence-electron chi connectivity index (χ0n) is 13.5.